The molecule has 0 aliphatic carbocycles. The van der Waals surface area contributed by atoms with E-state index in [9.17, 15) is 5.11 Å². The summed E-state index contributed by atoms with van der Waals surface area (Å²) >= 11 is 0. The van der Waals surface area contributed by atoms with Gasteiger partial charge in [-0.2, -0.15) is 0 Å². The third-order valence-corrected chi connectivity index (χ3v) is 5.50. The maximum Gasteiger partial charge on any atom is 0.122 e. The average molecular weight is 347 g/mol. The van der Waals surface area contributed by atoms with Crippen LogP contribution in [0, 0.1) is 0 Å². The lowest BCUT2D eigenvalue weighted by molar-refractivity contribution is 0.456. The highest BCUT2D eigenvalue weighted by atomic mass is 16.3. The average Bonchev–Trinajstić information content (AvgIpc) is 2.62. The zero-order chi connectivity index (χ0) is 18.7. The predicted molar refractivity (Wildman–Crippen MR) is 112 cm³/mol. The molecule has 144 valence electrons. The molecule has 1 rings (SSSR count). The molecule has 1 heteroatoms. The summed E-state index contributed by atoms with van der Waals surface area (Å²) < 4.78 is 0. The van der Waals surface area contributed by atoms with Gasteiger partial charge in [0.2, 0.25) is 0 Å². The van der Waals surface area contributed by atoms with Crippen molar-refractivity contribution in [3.05, 3.63) is 27.8 Å². The Balaban J connectivity index is 3.52. The molecular weight excluding hydrogens is 304 g/mol. The highest BCUT2D eigenvalue weighted by Crippen LogP contribution is 2.37. The first kappa shape index (κ1) is 22.1. The van der Waals surface area contributed by atoms with E-state index in [1.54, 1.807) is 5.56 Å². The Hall–Kier alpha value is -0.980. The number of unbranched alkanes of at least 4 members (excludes halogenated alkanes) is 4. The largest absolute Gasteiger partial charge is 0.507 e. The van der Waals surface area contributed by atoms with Crippen molar-refractivity contribution in [3.63, 3.8) is 0 Å². The molecule has 0 aliphatic heterocycles. The van der Waals surface area contributed by atoms with Crippen LogP contribution in [0.15, 0.2) is 0 Å². The van der Waals surface area contributed by atoms with E-state index in [1.165, 1.54) is 80.0 Å². The van der Waals surface area contributed by atoms with Crippen LogP contribution in [0.4, 0.5) is 0 Å². The zero-order valence-electron chi connectivity index (χ0n) is 17.6. The number of hydrogen-bond donors (Lipinski definition) is 1. The summed E-state index contributed by atoms with van der Waals surface area (Å²) in [7, 11) is 0. The van der Waals surface area contributed by atoms with Crippen LogP contribution in [-0.4, -0.2) is 5.11 Å². The zero-order valence-corrected chi connectivity index (χ0v) is 17.6. The Labute approximate surface area is 157 Å². The van der Waals surface area contributed by atoms with E-state index in [-0.39, 0.29) is 0 Å². The number of benzene rings is 1. The highest BCUT2D eigenvalue weighted by Gasteiger charge is 2.21. The minimum Gasteiger partial charge on any atom is -0.507 e. The van der Waals surface area contributed by atoms with Crippen molar-refractivity contribution in [1.29, 1.82) is 0 Å². The fourth-order valence-electron chi connectivity index (χ4n) is 3.98. The summed E-state index contributed by atoms with van der Waals surface area (Å²) in [6, 6.07) is 0. The summed E-state index contributed by atoms with van der Waals surface area (Å²) in [6.07, 6.45) is 15.3. The standard InChI is InChI=1S/C24H42O/c1-6-11-15-20-19(10-5)24(25)23(18-14-9-4)22(17-13-8-3)21(20)16-12-7-2/h25H,6-18H2,1-5H3. The van der Waals surface area contributed by atoms with Gasteiger partial charge in [0.1, 0.15) is 5.75 Å². The Morgan fingerprint density at radius 1 is 0.480 bits per heavy atom. The van der Waals surface area contributed by atoms with Gasteiger partial charge in [0.15, 0.2) is 0 Å². The number of hydrogen-bond acceptors (Lipinski definition) is 1. The van der Waals surface area contributed by atoms with E-state index in [0.29, 0.717) is 5.75 Å². The van der Waals surface area contributed by atoms with Crippen LogP contribution in [0.25, 0.3) is 0 Å². The molecule has 0 heterocycles. The quantitative estimate of drug-likeness (QED) is 0.396. The molecule has 0 aromatic heterocycles. The van der Waals surface area contributed by atoms with Crippen molar-refractivity contribution in [2.45, 2.75) is 118 Å². The first-order valence-electron chi connectivity index (χ1n) is 11.0. The second kappa shape index (κ2) is 12.4. The molecule has 1 aromatic carbocycles. The number of phenols is 1. The van der Waals surface area contributed by atoms with Gasteiger partial charge in [-0.1, -0.05) is 60.3 Å². The van der Waals surface area contributed by atoms with Gasteiger partial charge in [-0.15, -0.1) is 0 Å². The van der Waals surface area contributed by atoms with E-state index in [2.05, 4.69) is 34.6 Å². The first-order chi connectivity index (χ1) is 12.2. The molecule has 1 N–H and O–H groups in total. The summed E-state index contributed by atoms with van der Waals surface area (Å²) in [5.74, 6) is 0.647. The molecule has 0 unspecified atom stereocenters. The lowest BCUT2D eigenvalue weighted by Crippen LogP contribution is -2.10. The van der Waals surface area contributed by atoms with Gasteiger partial charge >= 0.3 is 0 Å². The normalized spacial score (nSPS) is 11.2. The van der Waals surface area contributed by atoms with Gasteiger partial charge in [0.05, 0.1) is 0 Å². The smallest absolute Gasteiger partial charge is 0.122 e. The second-order valence-corrected chi connectivity index (χ2v) is 7.51. The van der Waals surface area contributed by atoms with Crippen molar-refractivity contribution in [2.24, 2.45) is 0 Å². The van der Waals surface area contributed by atoms with Crippen LogP contribution in [0.5, 0.6) is 5.75 Å². The molecule has 1 nitrogen and oxygen atoms in total. The number of aromatic hydroxyl groups is 1. The van der Waals surface area contributed by atoms with Gasteiger partial charge in [-0.25, -0.2) is 0 Å². The summed E-state index contributed by atoms with van der Waals surface area (Å²) in [6.45, 7) is 11.3. The van der Waals surface area contributed by atoms with E-state index >= 15 is 0 Å². The van der Waals surface area contributed by atoms with Crippen LogP contribution in [0.3, 0.4) is 0 Å². The summed E-state index contributed by atoms with van der Waals surface area (Å²) in [4.78, 5) is 0. The predicted octanol–water partition coefficient (Wildman–Crippen LogP) is 7.33. The molecule has 0 saturated carbocycles. The van der Waals surface area contributed by atoms with Crippen molar-refractivity contribution in [3.8, 4) is 5.75 Å². The van der Waals surface area contributed by atoms with E-state index in [1.807, 2.05) is 0 Å². The van der Waals surface area contributed by atoms with Gasteiger partial charge in [0.25, 0.3) is 0 Å². The van der Waals surface area contributed by atoms with Gasteiger partial charge in [-0.05, 0) is 85.6 Å². The van der Waals surface area contributed by atoms with Crippen molar-refractivity contribution < 1.29 is 5.11 Å². The second-order valence-electron chi connectivity index (χ2n) is 7.51. The van der Waals surface area contributed by atoms with Gasteiger partial charge < -0.3 is 5.11 Å². The minimum absolute atomic E-state index is 0.647. The molecule has 0 bridgehead atoms. The Bertz CT molecular complexity index is 502. The fourth-order valence-corrected chi connectivity index (χ4v) is 3.98. The molecule has 0 aliphatic rings. The SMILES string of the molecule is CCCCc1c(O)c(CC)c(CCCC)c(CCCC)c1CCCC. The van der Waals surface area contributed by atoms with Gasteiger partial charge in [0, 0.05) is 0 Å². The molecule has 0 spiro atoms. The fraction of sp³-hybridized carbons (Fsp3) is 0.750. The molecule has 1 aromatic rings. The minimum atomic E-state index is 0.647. The Morgan fingerprint density at radius 2 is 0.800 bits per heavy atom. The highest BCUT2D eigenvalue weighted by molar-refractivity contribution is 5.56. The topological polar surface area (TPSA) is 20.2 Å². The monoisotopic (exact) mass is 346 g/mol. The first-order valence-corrected chi connectivity index (χ1v) is 11.0. The number of rotatable bonds is 13. The number of phenolic OH excluding ortho intramolecular Hbond substituents is 1. The van der Waals surface area contributed by atoms with Crippen molar-refractivity contribution in [1.82, 2.24) is 0 Å². The van der Waals surface area contributed by atoms with Crippen LogP contribution in [0.2, 0.25) is 0 Å². The van der Waals surface area contributed by atoms with Crippen LogP contribution in [-0.2, 0) is 32.1 Å². The molecule has 0 amide bonds. The maximum absolute atomic E-state index is 11.1. The molecule has 0 fully saturated rings. The van der Waals surface area contributed by atoms with Crippen LogP contribution >= 0.6 is 0 Å². The molecule has 0 saturated heterocycles. The van der Waals surface area contributed by atoms with Crippen molar-refractivity contribution >= 4 is 0 Å². The lowest BCUT2D eigenvalue weighted by atomic mass is 9.82. The Kier molecular flexibility index (Phi) is 10.9. The maximum atomic E-state index is 11.1. The molecule has 0 atom stereocenters. The third-order valence-electron chi connectivity index (χ3n) is 5.50. The third kappa shape index (κ3) is 6.04. The van der Waals surface area contributed by atoms with Crippen LogP contribution < -0.4 is 0 Å². The van der Waals surface area contributed by atoms with Gasteiger partial charge in [-0.3, -0.25) is 0 Å². The van der Waals surface area contributed by atoms with E-state index in [0.717, 1.165) is 25.7 Å². The summed E-state index contributed by atoms with van der Waals surface area (Å²) in [5, 5.41) is 11.1. The lowest BCUT2D eigenvalue weighted by Gasteiger charge is -2.24. The summed E-state index contributed by atoms with van der Waals surface area (Å²) in [5.41, 5.74) is 7.18. The van der Waals surface area contributed by atoms with Crippen LogP contribution in [0.1, 0.15) is 114 Å². The molecule has 0 radical (unpaired) electrons. The van der Waals surface area contributed by atoms with Crippen molar-refractivity contribution in [2.75, 3.05) is 0 Å². The molecular formula is C24H42O. The Morgan fingerprint density at radius 3 is 1.16 bits per heavy atom. The van der Waals surface area contributed by atoms with E-state index < -0.39 is 0 Å². The molecule has 25 heavy (non-hydrogen) atoms. The van der Waals surface area contributed by atoms with E-state index in [4.69, 9.17) is 0 Å².